The highest BCUT2D eigenvalue weighted by atomic mass is 16.6. The summed E-state index contributed by atoms with van der Waals surface area (Å²) in [5, 5.41) is 11.9. The van der Waals surface area contributed by atoms with Crippen molar-refractivity contribution in [3.63, 3.8) is 0 Å². The first kappa shape index (κ1) is 22.1. The summed E-state index contributed by atoms with van der Waals surface area (Å²) >= 11 is 0. The van der Waals surface area contributed by atoms with Crippen LogP contribution in [0.5, 0.6) is 5.75 Å². The number of hydrogen-bond donors (Lipinski definition) is 2. The Bertz CT molecular complexity index is 703. The van der Waals surface area contributed by atoms with Crippen LogP contribution in [-0.4, -0.2) is 35.4 Å². The molecular formula is C22H33NO5. The molecule has 156 valence electrons. The molecule has 6 nitrogen and oxygen atoms in total. The summed E-state index contributed by atoms with van der Waals surface area (Å²) in [6.07, 6.45) is 1.65. The maximum absolute atomic E-state index is 12.0. The van der Waals surface area contributed by atoms with Crippen LogP contribution in [0, 0.1) is 5.92 Å². The van der Waals surface area contributed by atoms with E-state index in [0.717, 1.165) is 16.9 Å². The van der Waals surface area contributed by atoms with E-state index in [1.54, 1.807) is 20.8 Å². The molecule has 28 heavy (non-hydrogen) atoms. The number of aliphatic carboxylic acids is 1. The minimum atomic E-state index is -1.20. The average Bonchev–Trinajstić information content (AvgIpc) is 3.40. The van der Waals surface area contributed by atoms with E-state index in [2.05, 4.69) is 32.2 Å². The predicted molar refractivity (Wildman–Crippen MR) is 108 cm³/mol. The summed E-state index contributed by atoms with van der Waals surface area (Å²) in [5.41, 5.74) is 1.45. The summed E-state index contributed by atoms with van der Waals surface area (Å²) in [4.78, 5) is 23.6. The van der Waals surface area contributed by atoms with Crippen molar-refractivity contribution in [3.05, 3.63) is 29.3 Å². The Kier molecular flexibility index (Phi) is 6.96. The molecule has 0 aliphatic heterocycles. The quantitative estimate of drug-likeness (QED) is 0.672. The number of amides is 1. The van der Waals surface area contributed by atoms with Gasteiger partial charge < -0.3 is 19.9 Å². The number of alkyl carbamates (subject to hydrolysis) is 1. The standard InChI is InChI=1S/C22H33NO5/c1-13(2)16-8-7-9-17(14(3)15-10-11-15)19(16)27-12-18(20(24)25)23-21(26)28-22(4,5)6/h7-9,13-15,18H,10-12H2,1-6H3,(H,23,26)(H,24,25)/t14-,18?/m1/s1. The van der Waals surface area contributed by atoms with Crippen molar-refractivity contribution in [2.45, 2.75) is 77.9 Å². The molecule has 1 aliphatic rings. The van der Waals surface area contributed by atoms with Crippen LogP contribution in [0.25, 0.3) is 0 Å². The normalized spacial score (nSPS) is 16.4. The van der Waals surface area contributed by atoms with Gasteiger partial charge in [-0.05, 0) is 62.5 Å². The molecule has 1 amide bonds. The van der Waals surface area contributed by atoms with Gasteiger partial charge in [0, 0.05) is 0 Å². The van der Waals surface area contributed by atoms with Crippen LogP contribution in [0.15, 0.2) is 18.2 Å². The fraction of sp³-hybridized carbons (Fsp3) is 0.636. The molecule has 1 unspecified atom stereocenters. The largest absolute Gasteiger partial charge is 0.490 e. The summed E-state index contributed by atoms with van der Waals surface area (Å²) in [6.45, 7) is 11.4. The van der Waals surface area contributed by atoms with Gasteiger partial charge in [-0.2, -0.15) is 0 Å². The van der Waals surface area contributed by atoms with Gasteiger partial charge in [-0.3, -0.25) is 0 Å². The summed E-state index contributed by atoms with van der Waals surface area (Å²) in [5.74, 6) is 0.831. The van der Waals surface area contributed by atoms with E-state index < -0.39 is 23.7 Å². The second-order valence-corrected chi connectivity index (χ2v) is 8.89. The molecule has 0 heterocycles. The Morgan fingerprint density at radius 2 is 1.79 bits per heavy atom. The molecule has 1 aliphatic carbocycles. The van der Waals surface area contributed by atoms with Gasteiger partial charge in [-0.15, -0.1) is 0 Å². The average molecular weight is 392 g/mol. The third kappa shape index (κ3) is 6.14. The third-order valence-corrected chi connectivity index (χ3v) is 4.90. The Labute approximate surface area is 167 Å². The lowest BCUT2D eigenvalue weighted by molar-refractivity contribution is -0.140. The van der Waals surface area contributed by atoms with E-state index in [9.17, 15) is 14.7 Å². The number of carbonyl (C=O) groups excluding carboxylic acids is 1. The number of benzene rings is 1. The second kappa shape index (κ2) is 8.84. The van der Waals surface area contributed by atoms with Gasteiger partial charge >= 0.3 is 12.1 Å². The van der Waals surface area contributed by atoms with Crippen molar-refractivity contribution in [1.82, 2.24) is 5.32 Å². The Hall–Kier alpha value is -2.24. The predicted octanol–water partition coefficient (Wildman–Crippen LogP) is 4.68. The minimum Gasteiger partial charge on any atom is -0.490 e. The molecule has 1 aromatic rings. The summed E-state index contributed by atoms with van der Waals surface area (Å²) < 4.78 is 11.2. The molecule has 2 atom stereocenters. The molecule has 0 aromatic heterocycles. The molecule has 1 fully saturated rings. The molecule has 1 aromatic carbocycles. The van der Waals surface area contributed by atoms with Crippen molar-refractivity contribution in [2.75, 3.05) is 6.61 Å². The highest BCUT2D eigenvalue weighted by Crippen LogP contribution is 2.46. The zero-order valence-electron chi connectivity index (χ0n) is 17.7. The maximum Gasteiger partial charge on any atom is 0.408 e. The molecule has 0 saturated heterocycles. The van der Waals surface area contributed by atoms with E-state index >= 15 is 0 Å². The van der Waals surface area contributed by atoms with E-state index in [4.69, 9.17) is 9.47 Å². The molecule has 2 N–H and O–H groups in total. The lowest BCUT2D eigenvalue weighted by Crippen LogP contribution is -2.46. The zero-order chi connectivity index (χ0) is 21.1. The molecule has 0 radical (unpaired) electrons. The molecule has 0 spiro atoms. The maximum atomic E-state index is 12.0. The summed E-state index contributed by atoms with van der Waals surface area (Å²) in [7, 11) is 0. The highest BCUT2D eigenvalue weighted by Gasteiger charge is 2.32. The molecule has 1 saturated carbocycles. The monoisotopic (exact) mass is 391 g/mol. The number of carbonyl (C=O) groups is 2. The Balaban J connectivity index is 2.17. The first-order chi connectivity index (χ1) is 13.0. The number of nitrogens with one attached hydrogen (secondary N) is 1. The van der Waals surface area contributed by atoms with Crippen molar-refractivity contribution in [1.29, 1.82) is 0 Å². The number of para-hydroxylation sites is 1. The van der Waals surface area contributed by atoms with Crippen LogP contribution in [-0.2, 0) is 9.53 Å². The van der Waals surface area contributed by atoms with Gasteiger partial charge in [0.25, 0.3) is 0 Å². The van der Waals surface area contributed by atoms with E-state index in [-0.39, 0.29) is 12.5 Å². The highest BCUT2D eigenvalue weighted by molar-refractivity contribution is 5.80. The SMILES string of the molecule is CC(C)c1cccc([C@H](C)C2CC2)c1OCC(NC(=O)OC(C)(C)C)C(=O)O. The first-order valence-electron chi connectivity index (χ1n) is 9.97. The number of carboxylic acid groups (broad SMARTS) is 1. The molecular weight excluding hydrogens is 358 g/mol. The number of rotatable bonds is 8. The smallest absolute Gasteiger partial charge is 0.408 e. The van der Waals surface area contributed by atoms with Crippen molar-refractivity contribution in [3.8, 4) is 5.75 Å². The third-order valence-electron chi connectivity index (χ3n) is 4.90. The number of hydrogen-bond acceptors (Lipinski definition) is 4. The number of carboxylic acids is 1. The van der Waals surface area contributed by atoms with Crippen LogP contribution < -0.4 is 10.1 Å². The van der Waals surface area contributed by atoms with Gasteiger partial charge in [0.05, 0.1) is 0 Å². The fourth-order valence-electron chi connectivity index (χ4n) is 3.19. The van der Waals surface area contributed by atoms with Crippen LogP contribution in [0.2, 0.25) is 0 Å². The minimum absolute atomic E-state index is 0.164. The first-order valence-corrected chi connectivity index (χ1v) is 9.97. The number of ether oxygens (including phenoxy) is 2. The Morgan fingerprint density at radius 1 is 1.18 bits per heavy atom. The van der Waals surface area contributed by atoms with Crippen LogP contribution >= 0.6 is 0 Å². The van der Waals surface area contributed by atoms with Gasteiger partial charge in [0.15, 0.2) is 6.04 Å². The van der Waals surface area contributed by atoms with Gasteiger partial charge in [0.1, 0.15) is 18.0 Å². The van der Waals surface area contributed by atoms with Crippen molar-refractivity contribution >= 4 is 12.1 Å². The molecule has 0 bridgehead atoms. The molecule has 2 rings (SSSR count). The van der Waals surface area contributed by atoms with Crippen LogP contribution in [0.1, 0.15) is 77.3 Å². The lowest BCUT2D eigenvalue weighted by Gasteiger charge is -2.24. The topological polar surface area (TPSA) is 84.9 Å². The van der Waals surface area contributed by atoms with Gasteiger partial charge in [-0.1, -0.05) is 39.0 Å². The van der Waals surface area contributed by atoms with Crippen LogP contribution in [0.3, 0.4) is 0 Å². The van der Waals surface area contributed by atoms with E-state index in [1.807, 2.05) is 12.1 Å². The fourth-order valence-corrected chi connectivity index (χ4v) is 3.19. The zero-order valence-corrected chi connectivity index (χ0v) is 17.7. The summed E-state index contributed by atoms with van der Waals surface area (Å²) in [6, 6.07) is 4.91. The van der Waals surface area contributed by atoms with Crippen LogP contribution in [0.4, 0.5) is 4.79 Å². The van der Waals surface area contributed by atoms with Crippen molar-refractivity contribution < 1.29 is 24.2 Å². The second-order valence-electron chi connectivity index (χ2n) is 8.89. The van der Waals surface area contributed by atoms with Gasteiger partial charge in [0.2, 0.25) is 0 Å². The lowest BCUT2D eigenvalue weighted by atomic mass is 9.90. The van der Waals surface area contributed by atoms with E-state index in [1.165, 1.54) is 12.8 Å². The van der Waals surface area contributed by atoms with Gasteiger partial charge in [-0.25, -0.2) is 9.59 Å². The van der Waals surface area contributed by atoms with E-state index in [0.29, 0.717) is 11.8 Å². The van der Waals surface area contributed by atoms with Crippen molar-refractivity contribution in [2.24, 2.45) is 5.92 Å². The Morgan fingerprint density at radius 3 is 2.29 bits per heavy atom. The molecule has 6 heteroatoms.